The van der Waals surface area contributed by atoms with E-state index in [9.17, 15) is 18.5 Å². The second-order valence-electron chi connectivity index (χ2n) is 3.92. The van der Waals surface area contributed by atoms with E-state index in [0.29, 0.717) is 0 Å². The van der Waals surface area contributed by atoms with Crippen molar-refractivity contribution in [3.05, 3.63) is 27.9 Å². The lowest BCUT2D eigenvalue weighted by molar-refractivity contribution is -0.388. The molecule has 1 aromatic rings. The molecule has 1 atom stereocenters. The first-order valence-electron chi connectivity index (χ1n) is 5.15. The highest BCUT2D eigenvalue weighted by Gasteiger charge is 2.31. The number of nitriles is 1. The highest BCUT2D eigenvalue weighted by atomic mass is 35.5. The second kappa shape index (κ2) is 5.95. The van der Waals surface area contributed by atoms with Crippen LogP contribution in [0.5, 0.6) is 0 Å². The lowest BCUT2D eigenvalue weighted by atomic mass is 10.2. The van der Waals surface area contributed by atoms with Gasteiger partial charge in [0.1, 0.15) is 11.6 Å². The molecule has 0 amide bonds. The maximum absolute atomic E-state index is 12.1. The molecule has 0 fully saturated rings. The number of nitrogens with zero attached hydrogens (tertiary/aromatic N) is 3. The van der Waals surface area contributed by atoms with Gasteiger partial charge in [0.25, 0.3) is 0 Å². The number of hydrogen-bond donors (Lipinski definition) is 0. The van der Waals surface area contributed by atoms with Gasteiger partial charge in [0, 0.05) is 12.1 Å². The third kappa shape index (κ3) is 3.39. The van der Waals surface area contributed by atoms with Gasteiger partial charge >= 0.3 is 5.69 Å². The van der Waals surface area contributed by atoms with E-state index in [-0.39, 0.29) is 23.1 Å². The van der Waals surface area contributed by atoms with Crippen molar-refractivity contribution in [2.45, 2.75) is 11.9 Å². The van der Waals surface area contributed by atoms with Gasteiger partial charge in [0.15, 0.2) is 0 Å². The molecule has 0 aromatic carbocycles. The predicted molar refractivity (Wildman–Crippen MR) is 67.5 cm³/mol. The van der Waals surface area contributed by atoms with E-state index in [4.69, 9.17) is 16.9 Å². The monoisotopic (exact) mass is 303 g/mol. The lowest BCUT2D eigenvalue weighted by Crippen LogP contribution is -2.18. The molecule has 0 radical (unpaired) electrons. The van der Waals surface area contributed by atoms with Crippen LogP contribution in [0.15, 0.2) is 17.3 Å². The fourth-order valence-electron chi connectivity index (χ4n) is 1.43. The Labute approximate surface area is 114 Å². The standard InChI is InChI=1S/C10H10ClN3O4S/c1-7(4-11)6-19(17,18)10-9(14(15)16)8(5-12)2-3-13-10/h2-3,7H,4,6H2,1H3. The summed E-state index contributed by atoms with van der Waals surface area (Å²) in [7, 11) is -3.97. The van der Waals surface area contributed by atoms with Crippen LogP contribution in [0.4, 0.5) is 5.69 Å². The lowest BCUT2D eigenvalue weighted by Gasteiger charge is -2.08. The van der Waals surface area contributed by atoms with Gasteiger partial charge in [-0.15, -0.1) is 11.6 Å². The van der Waals surface area contributed by atoms with Crippen molar-refractivity contribution in [1.29, 1.82) is 5.26 Å². The van der Waals surface area contributed by atoms with Crippen molar-refractivity contribution >= 4 is 27.1 Å². The van der Waals surface area contributed by atoms with Crippen LogP contribution in [0.1, 0.15) is 12.5 Å². The van der Waals surface area contributed by atoms with Gasteiger partial charge in [-0.05, 0) is 12.0 Å². The Morgan fingerprint density at radius 2 is 2.26 bits per heavy atom. The molecule has 1 aromatic heterocycles. The first kappa shape index (κ1) is 15.3. The normalized spacial score (nSPS) is 12.7. The van der Waals surface area contributed by atoms with Crippen LogP contribution in [0, 0.1) is 27.4 Å². The number of pyridine rings is 1. The highest BCUT2D eigenvalue weighted by Crippen LogP contribution is 2.27. The molecular formula is C10H10ClN3O4S. The molecular weight excluding hydrogens is 294 g/mol. The molecule has 0 bridgehead atoms. The van der Waals surface area contributed by atoms with Crippen molar-refractivity contribution in [2.75, 3.05) is 11.6 Å². The average molecular weight is 304 g/mol. The average Bonchev–Trinajstić information content (AvgIpc) is 2.36. The number of nitro groups is 1. The molecule has 0 spiro atoms. The third-order valence-corrected chi connectivity index (χ3v) is 4.68. The van der Waals surface area contributed by atoms with Crippen LogP contribution >= 0.6 is 11.6 Å². The molecule has 0 N–H and O–H groups in total. The largest absolute Gasteiger partial charge is 0.324 e. The summed E-state index contributed by atoms with van der Waals surface area (Å²) in [5, 5.41) is 19.0. The minimum absolute atomic E-state index is 0.102. The zero-order valence-electron chi connectivity index (χ0n) is 9.91. The second-order valence-corrected chi connectivity index (χ2v) is 6.18. The maximum Gasteiger partial charge on any atom is 0.324 e. The van der Waals surface area contributed by atoms with Crippen LogP contribution in [0.25, 0.3) is 0 Å². The van der Waals surface area contributed by atoms with Crippen LogP contribution in [0.2, 0.25) is 0 Å². The van der Waals surface area contributed by atoms with E-state index >= 15 is 0 Å². The van der Waals surface area contributed by atoms with E-state index in [2.05, 4.69) is 4.98 Å². The van der Waals surface area contributed by atoms with E-state index in [1.54, 1.807) is 13.0 Å². The van der Waals surface area contributed by atoms with Gasteiger partial charge in [-0.2, -0.15) is 5.26 Å². The molecule has 0 aliphatic carbocycles. The molecule has 1 unspecified atom stereocenters. The number of sulfone groups is 1. The Morgan fingerprint density at radius 1 is 1.63 bits per heavy atom. The fraction of sp³-hybridized carbons (Fsp3) is 0.400. The minimum atomic E-state index is -3.97. The quantitative estimate of drug-likeness (QED) is 0.462. The summed E-state index contributed by atoms with van der Waals surface area (Å²) in [6, 6.07) is 2.68. The smallest absolute Gasteiger partial charge is 0.258 e. The molecule has 0 aliphatic rings. The molecule has 102 valence electrons. The van der Waals surface area contributed by atoms with Crippen molar-refractivity contribution in [3.8, 4) is 6.07 Å². The Morgan fingerprint density at radius 3 is 2.74 bits per heavy atom. The SMILES string of the molecule is CC(CCl)CS(=O)(=O)c1nccc(C#N)c1[N+](=O)[O-]. The van der Waals surface area contributed by atoms with Gasteiger partial charge in [0.05, 0.1) is 10.7 Å². The molecule has 7 nitrogen and oxygen atoms in total. The summed E-state index contributed by atoms with van der Waals surface area (Å²) in [5.41, 5.74) is -1.12. The van der Waals surface area contributed by atoms with Crippen molar-refractivity contribution in [3.63, 3.8) is 0 Å². The summed E-state index contributed by atoms with van der Waals surface area (Å²) in [5.74, 6) is -0.636. The summed E-state index contributed by atoms with van der Waals surface area (Å²) in [6.07, 6.45) is 1.06. The van der Waals surface area contributed by atoms with E-state index < -0.39 is 25.5 Å². The maximum atomic E-state index is 12.1. The van der Waals surface area contributed by atoms with Gasteiger partial charge in [0.2, 0.25) is 14.9 Å². The number of rotatable bonds is 5. The van der Waals surface area contributed by atoms with Gasteiger partial charge in [-0.25, -0.2) is 13.4 Å². The van der Waals surface area contributed by atoms with E-state index in [1.807, 2.05) is 0 Å². The molecule has 1 rings (SSSR count). The Balaban J connectivity index is 3.44. The van der Waals surface area contributed by atoms with Crippen LogP contribution in [-0.4, -0.2) is 30.0 Å². The first-order chi connectivity index (χ1) is 8.83. The molecule has 1 heterocycles. The molecule has 19 heavy (non-hydrogen) atoms. The van der Waals surface area contributed by atoms with E-state index in [1.165, 1.54) is 0 Å². The molecule has 0 saturated heterocycles. The molecule has 0 aliphatic heterocycles. The number of aromatic nitrogens is 1. The zero-order valence-corrected chi connectivity index (χ0v) is 11.5. The molecule has 0 saturated carbocycles. The zero-order chi connectivity index (χ0) is 14.6. The van der Waals surface area contributed by atoms with Crippen molar-refractivity contribution < 1.29 is 13.3 Å². The summed E-state index contributed by atoms with van der Waals surface area (Å²) in [6.45, 7) is 1.60. The fourth-order valence-corrected chi connectivity index (χ4v) is 3.39. The summed E-state index contributed by atoms with van der Waals surface area (Å²) in [4.78, 5) is 13.6. The Bertz CT molecular complexity index is 639. The first-order valence-corrected chi connectivity index (χ1v) is 7.34. The van der Waals surface area contributed by atoms with Gasteiger partial charge < -0.3 is 0 Å². The topological polar surface area (TPSA) is 114 Å². The predicted octanol–water partition coefficient (Wildman–Crippen LogP) is 1.51. The van der Waals surface area contributed by atoms with Gasteiger partial charge in [-0.1, -0.05) is 6.92 Å². The summed E-state index contributed by atoms with van der Waals surface area (Å²) >= 11 is 5.54. The number of hydrogen-bond acceptors (Lipinski definition) is 6. The summed E-state index contributed by atoms with van der Waals surface area (Å²) < 4.78 is 24.1. The highest BCUT2D eigenvalue weighted by molar-refractivity contribution is 7.91. The van der Waals surface area contributed by atoms with E-state index in [0.717, 1.165) is 12.3 Å². The number of alkyl halides is 1. The Hall–Kier alpha value is -1.72. The van der Waals surface area contributed by atoms with Crippen molar-refractivity contribution in [2.24, 2.45) is 5.92 Å². The minimum Gasteiger partial charge on any atom is -0.258 e. The van der Waals surface area contributed by atoms with Crippen LogP contribution in [0.3, 0.4) is 0 Å². The number of halogens is 1. The van der Waals surface area contributed by atoms with Crippen LogP contribution in [-0.2, 0) is 9.84 Å². The molecule has 9 heteroatoms. The van der Waals surface area contributed by atoms with Crippen molar-refractivity contribution in [1.82, 2.24) is 4.98 Å². The van der Waals surface area contributed by atoms with Crippen LogP contribution < -0.4 is 0 Å². The van der Waals surface area contributed by atoms with Gasteiger partial charge in [-0.3, -0.25) is 10.1 Å². The Kier molecular flexibility index (Phi) is 4.80. The third-order valence-electron chi connectivity index (χ3n) is 2.26.